The van der Waals surface area contributed by atoms with Crippen molar-refractivity contribution in [1.82, 2.24) is 0 Å². The van der Waals surface area contributed by atoms with E-state index in [4.69, 9.17) is 51.1 Å². The van der Waals surface area contributed by atoms with E-state index in [-0.39, 0.29) is 5.91 Å². The Hall–Kier alpha value is -1.13. The highest BCUT2D eigenvalue weighted by molar-refractivity contribution is 6.44. The zero-order valence-corrected chi connectivity index (χ0v) is 16.2. The van der Waals surface area contributed by atoms with Crippen molar-refractivity contribution in [1.29, 1.82) is 0 Å². The highest BCUT2D eigenvalue weighted by Gasteiger charge is 2.18. The van der Waals surface area contributed by atoms with Gasteiger partial charge in [-0.05, 0) is 56.2 Å². The highest BCUT2D eigenvalue weighted by atomic mass is 35.5. The summed E-state index contributed by atoms with van der Waals surface area (Å²) in [6.07, 6.45) is -0.740. The van der Waals surface area contributed by atoms with Crippen molar-refractivity contribution in [2.24, 2.45) is 0 Å². The van der Waals surface area contributed by atoms with E-state index in [9.17, 15) is 4.79 Å². The van der Waals surface area contributed by atoms with E-state index in [1.807, 2.05) is 13.8 Å². The maximum Gasteiger partial charge on any atom is 0.265 e. The van der Waals surface area contributed by atoms with E-state index in [1.165, 1.54) is 12.1 Å². The number of benzene rings is 2. The molecule has 2 aromatic carbocycles. The molecule has 1 amide bonds. The minimum atomic E-state index is -0.740. The van der Waals surface area contributed by atoms with Gasteiger partial charge in [0.15, 0.2) is 6.10 Å². The summed E-state index contributed by atoms with van der Waals surface area (Å²) in [6.45, 7) is 5.39. The van der Waals surface area contributed by atoms with Gasteiger partial charge in [-0.25, -0.2) is 0 Å². The molecule has 128 valence electrons. The van der Waals surface area contributed by atoms with Gasteiger partial charge in [0.2, 0.25) is 0 Å². The second kappa shape index (κ2) is 7.83. The number of ether oxygens (including phenoxy) is 1. The first kappa shape index (κ1) is 19.2. The number of carbonyl (C=O) groups is 1. The minimum absolute atomic E-state index is 0.295. The molecule has 0 aliphatic carbocycles. The van der Waals surface area contributed by atoms with Crippen molar-refractivity contribution in [2.45, 2.75) is 26.9 Å². The number of hydrogen-bond donors (Lipinski definition) is 1. The number of anilines is 1. The van der Waals surface area contributed by atoms with Gasteiger partial charge in [-0.15, -0.1) is 0 Å². The molecule has 0 aliphatic rings. The monoisotopic (exact) mass is 405 g/mol. The first-order valence-electron chi connectivity index (χ1n) is 7.08. The molecular weight excluding hydrogens is 392 g/mol. The third kappa shape index (κ3) is 4.48. The quantitative estimate of drug-likeness (QED) is 0.603. The van der Waals surface area contributed by atoms with Gasteiger partial charge in [-0.3, -0.25) is 4.79 Å². The summed E-state index contributed by atoms with van der Waals surface area (Å²) in [5.41, 5.74) is 2.13. The predicted molar refractivity (Wildman–Crippen MR) is 101 cm³/mol. The third-order valence-electron chi connectivity index (χ3n) is 3.36. The van der Waals surface area contributed by atoms with Crippen LogP contribution in [0.5, 0.6) is 5.75 Å². The van der Waals surface area contributed by atoms with Crippen molar-refractivity contribution in [3.8, 4) is 5.75 Å². The summed E-state index contributed by atoms with van der Waals surface area (Å²) < 4.78 is 5.69. The zero-order valence-electron chi connectivity index (χ0n) is 13.2. The van der Waals surface area contributed by atoms with Crippen molar-refractivity contribution in [2.75, 3.05) is 5.32 Å². The molecule has 7 heteroatoms. The average molecular weight is 407 g/mol. The molecule has 24 heavy (non-hydrogen) atoms. The number of rotatable bonds is 4. The number of carbonyl (C=O) groups excluding carboxylic acids is 1. The number of aryl methyl sites for hydroxylation is 2. The van der Waals surface area contributed by atoms with Crippen molar-refractivity contribution in [3.05, 3.63) is 55.5 Å². The normalized spacial score (nSPS) is 12.0. The standard InChI is InChI=1S/C17H15Cl4NO2/c1-8-4-11(5-9(2)16(8)21)24-10(3)17(23)22-15-7-13(19)12(18)6-14(15)20/h4-7,10H,1-3H3,(H,22,23). The molecule has 0 spiro atoms. The molecule has 0 bridgehead atoms. The topological polar surface area (TPSA) is 38.3 Å². The van der Waals surface area contributed by atoms with Crippen molar-refractivity contribution >= 4 is 58.0 Å². The first-order chi connectivity index (χ1) is 11.2. The van der Waals surface area contributed by atoms with Crippen LogP contribution < -0.4 is 10.1 Å². The fourth-order valence-corrected chi connectivity index (χ4v) is 2.79. The smallest absolute Gasteiger partial charge is 0.265 e. The van der Waals surface area contributed by atoms with Gasteiger partial charge in [0.05, 0.1) is 20.8 Å². The molecule has 1 N–H and O–H groups in total. The van der Waals surface area contributed by atoms with E-state index < -0.39 is 6.10 Å². The summed E-state index contributed by atoms with van der Waals surface area (Å²) in [5.74, 6) is 0.206. The minimum Gasteiger partial charge on any atom is -0.481 e. The largest absolute Gasteiger partial charge is 0.481 e. The number of nitrogens with one attached hydrogen (secondary N) is 1. The van der Waals surface area contributed by atoms with Gasteiger partial charge in [-0.2, -0.15) is 0 Å². The zero-order chi connectivity index (χ0) is 18.0. The summed E-state index contributed by atoms with van der Waals surface area (Å²) in [5, 5.41) is 4.27. The molecular formula is C17H15Cl4NO2. The fourth-order valence-electron chi connectivity index (χ4n) is 2.08. The SMILES string of the molecule is Cc1cc(OC(C)C(=O)Nc2cc(Cl)c(Cl)cc2Cl)cc(C)c1Cl. The van der Waals surface area contributed by atoms with E-state index in [0.717, 1.165) is 11.1 Å². The van der Waals surface area contributed by atoms with E-state index in [0.29, 0.717) is 31.5 Å². The maximum absolute atomic E-state index is 12.3. The van der Waals surface area contributed by atoms with Crippen LogP contribution in [0.2, 0.25) is 20.1 Å². The first-order valence-corrected chi connectivity index (χ1v) is 8.59. The highest BCUT2D eigenvalue weighted by Crippen LogP contribution is 2.32. The van der Waals surface area contributed by atoms with Crippen molar-refractivity contribution in [3.63, 3.8) is 0 Å². The molecule has 0 aliphatic heterocycles. The molecule has 1 atom stereocenters. The van der Waals surface area contributed by atoms with E-state index in [2.05, 4.69) is 5.32 Å². The number of hydrogen-bond acceptors (Lipinski definition) is 2. The van der Waals surface area contributed by atoms with Crippen LogP contribution in [-0.2, 0) is 4.79 Å². The molecule has 0 saturated heterocycles. The number of halogens is 4. The van der Waals surface area contributed by atoms with Gasteiger partial charge in [-0.1, -0.05) is 46.4 Å². The van der Waals surface area contributed by atoms with Gasteiger partial charge in [0.1, 0.15) is 5.75 Å². The Labute approximate surface area is 160 Å². The Kier molecular flexibility index (Phi) is 6.27. The number of amides is 1. The molecule has 0 saturated carbocycles. The molecule has 0 radical (unpaired) electrons. The third-order valence-corrected chi connectivity index (χ3v) is 4.99. The second-order valence-electron chi connectivity index (χ2n) is 5.37. The fraction of sp³-hybridized carbons (Fsp3) is 0.235. The van der Waals surface area contributed by atoms with Crippen LogP contribution in [0, 0.1) is 13.8 Å². The Balaban J connectivity index is 2.12. The van der Waals surface area contributed by atoms with E-state index >= 15 is 0 Å². The van der Waals surface area contributed by atoms with Crippen LogP contribution in [0.1, 0.15) is 18.1 Å². The van der Waals surface area contributed by atoms with Crippen molar-refractivity contribution < 1.29 is 9.53 Å². The van der Waals surface area contributed by atoms with Crippen LogP contribution in [0.4, 0.5) is 5.69 Å². The lowest BCUT2D eigenvalue weighted by molar-refractivity contribution is -0.122. The lowest BCUT2D eigenvalue weighted by atomic mass is 10.1. The van der Waals surface area contributed by atoms with E-state index in [1.54, 1.807) is 19.1 Å². The molecule has 3 nitrogen and oxygen atoms in total. The second-order valence-corrected chi connectivity index (χ2v) is 6.97. The Morgan fingerprint density at radius 2 is 1.50 bits per heavy atom. The van der Waals surface area contributed by atoms with Crippen LogP contribution in [0.15, 0.2) is 24.3 Å². The van der Waals surface area contributed by atoms with Gasteiger partial charge >= 0.3 is 0 Å². The van der Waals surface area contributed by atoms with Crippen LogP contribution >= 0.6 is 46.4 Å². The Morgan fingerprint density at radius 1 is 0.958 bits per heavy atom. The molecule has 2 rings (SSSR count). The lowest BCUT2D eigenvalue weighted by Crippen LogP contribution is -2.30. The van der Waals surface area contributed by atoms with Crippen LogP contribution in [0.25, 0.3) is 0 Å². The molecule has 1 unspecified atom stereocenters. The lowest BCUT2D eigenvalue weighted by Gasteiger charge is -2.17. The van der Waals surface area contributed by atoms with Gasteiger partial charge in [0, 0.05) is 5.02 Å². The molecule has 2 aromatic rings. The van der Waals surface area contributed by atoms with Gasteiger partial charge in [0.25, 0.3) is 5.91 Å². The molecule has 0 fully saturated rings. The summed E-state index contributed by atoms with van der Waals surface area (Å²) in [7, 11) is 0. The average Bonchev–Trinajstić information content (AvgIpc) is 2.50. The van der Waals surface area contributed by atoms with Gasteiger partial charge < -0.3 is 10.1 Å². The summed E-state index contributed by atoms with van der Waals surface area (Å²) in [4.78, 5) is 12.3. The Bertz CT molecular complexity index is 769. The summed E-state index contributed by atoms with van der Waals surface area (Å²) >= 11 is 24.0. The Morgan fingerprint density at radius 3 is 2.08 bits per heavy atom. The maximum atomic E-state index is 12.3. The van der Waals surface area contributed by atoms with Crippen LogP contribution in [0.3, 0.4) is 0 Å². The van der Waals surface area contributed by atoms with Crippen LogP contribution in [-0.4, -0.2) is 12.0 Å². The molecule has 0 heterocycles. The predicted octanol–water partition coefficient (Wildman–Crippen LogP) is 6.32. The molecule has 0 aromatic heterocycles. The summed E-state index contributed by atoms with van der Waals surface area (Å²) in [6, 6.07) is 6.53.